The van der Waals surface area contributed by atoms with Gasteiger partial charge in [0.25, 0.3) is 0 Å². The summed E-state index contributed by atoms with van der Waals surface area (Å²) in [5.74, 6) is 1.36. The largest absolute Gasteiger partial charge is 0.497 e. The summed E-state index contributed by atoms with van der Waals surface area (Å²) in [6, 6.07) is 15.8. The average Bonchev–Trinajstić information content (AvgIpc) is 3.03. The third kappa shape index (κ3) is 4.16. The first kappa shape index (κ1) is 18.3. The van der Waals surface area contributed by atoms with Gasteiger partial charge in [-0.3, -0.25) is 0 Å². The van der Waals surface area contributed by atoms with Crippen LogP contribution in [0.4, 0.5) is 13.2 Å². The molecule has 0 saturated carbocycles. The number of H-pyrrole nitrogens is 1. The zero-order chi connectivity index (χ0) is 18.7. The van der Waals surface area contributed by atoms with Crippen molar-refractivity contribution in [2.75, 3.05) is 14.2 Å². The number of nitrogens with one attached hydrogen (secondary N) is 1. The van der Waals surface area contributed by atoms with Gasteiger partial charge in [0.15, 0.2) is 0 Å². The van der Waals surface area contributed by atoms with Crippen molar-refractivity contribution in [2.45, 2.75) is 10.5 Å². The Bertz CT molecular complexity index is 806. The molecular formula is C19H16F3NO2S. The van der Waals surface area contributed by atoms with Gasteiger partial charge in [-0.25, -0.2) is 0 Å². The Morgan fingerprint density at radius 1 is 0.808 bits per heavy atom. The maximum absolute atomic E-state index is 12.8. The number of ether oxygens (including phenoxy) is 2. The SMILES string of the molecule is COc1ccc(-c2cc(SC(F)(F)F)[nH]c2-c2ccc(OC)cc2)cc1. The van der Waals surface area contributed by atoms with Crippen LogP contribution in [0.1, 0.15) is 0 Å². The third-order valence-electron chi connectivity index (χ3n) is 3.80. The molecule has 0 unspecified atom stereocenters. The number of aromatic amines is 1. The van der Waals surface area contributed by atoms with E-state index >= 15 is 0 Å². The predicted octanol–water partition coefficient (Wildman–Crippen LogP) is 5.98. The van der Waals surface area contributed by atoms with E-state index < -0.39 is 5.51 Å². The van der Waals surface area contributed by atoms with Crippen molar-refractivity contribution in [2.24, 2.45) is 0 Å². The number of alkyl halides is 3. The lowest BCUT2D eigenvalue weighted by molar-refractivity contribution is -0.0329. The fourth-order valence-corrected chi connectivity index (χ4v) is 3.17. The highest BCUT2D eigenvalue weighted by atomic mass is 32.2. The molecule has 0 aliphatic carbocycles. The minimum Gasteiger partial charge on any atom is -0.497 e. The van der Waals surface area contributed by atoms with Crippen LogP contribution in [0.2, 0.25) is 0 Å². The van der Waals surface area contributed by atoms with Gasteiger partial charge in [0, 0.05) is 17.3 Å². The first-order valence-corrected chi connectivity index (χ1v) is 8.49. The Kier molecular flexibility index (Phi) is 5.18. The molecule has 7 heteroatoms. The lowest BCUT2D eigenvalue weighted by atomic mass is 10.0. The van der Waals surface area contributed by atoms with Gasteiger partial charge in [-0.05, 0) is 53.6 Å². The lowest BCUT2D eigenvalue weighted by Crippen LogP contribution is -1.98. The first-order chi connectivity index (χ1) is 12.4. The molecule has 0 fully saturated rings. The van der Waals surface area contributed by atoms with Gasteiger partial charge in [-0.2, -0.15) is 13.2 Å². The Morgan fingerprint density at radius 2 is 1.31 bits per heavy atom. The summed E-state index contributed by atoms with van der Waals surface area (Å²) in [5, 5.41) is 0.0362. The monoisotopic (exact) mass is 379 g/mol. The maximum Gasteiger partial charge on any atom is 0.447 e. The van der Waals surface area contributed by atoms with E-state index in [1.165, 1.54) is 6.07 Å². The van der Waals surface area contributed by atoms with Crippen molar-refractivity contribution in [1.29, 1.82) is 0 Å². The number of rotatable bonds is 5. The van der Waals surface area contributed by atoms with Crippen molar-refractivity contribution in [3.8, 4) is 33.9 Å². The number of halogens is 3. The predicted molar refractivity (Wildman–Crippen MR) is 96.7 cm³/mol. The summed E-state index contributed by atoms with van der Waals surface area (Å²) >= 11 is -0.165. The van der Waals surface area contributed by atoms with Gasteiger partial charge < -0.3 is 14.5 Å². The second-order valence-electron chi connectivity index (χ2n) is 5.43. The zero-order valence-corrected chi connectivity index (χ0v) is 14.9. The van der Waals surface area contributed by atoms with E-state index in [2.05, 4.69) is 4.98 Å². The van der Waals surface area contributed by atoms with E-state index in [9.17, 15) is 13.2 Å². The van der Waals surface area contributed by atoms with E-state index in [0.717, 1.165) is 11.1 Å². The van der Waals surface area contributed by atoms with Crippen LogP contribution in [0, 0.1) is 0 Å². The molecule has 136 valence electrons. The molecule has 0 aliphatic rings. The summed E-state index contributed by atoms with van der Waals surface area (Å²) < 4.78 is 48.7. The van der Waals surface area contributed by atoms with E-state index in [1.54, 1.807) is 50.6 Å². The highest BCUT2D eigenvalue weighted by Crippen LogP contribution is 2.42. The molecule has 3 nitrogen and oxygen atoms in total. The minimum atomic E-state index is -4.36. The molecule has 26 heavy (non-hydrogen) atoms. The summed E-state index contributed by atoms with van der Waals surface area (Å²) in [5.41, 5.74) is -1.50. The minimum absolute atomic E-state index is 0.0362. The molecule has 0 radical (unpaired) electrons. The van der Waals surface area contributed by atoms with Crippen LogP contribution in [0.25, 0.3) is 22.4 Å². The Hall–Kier alpha value is -2.54. The maximum atomic E-state index is 12.8. The average molecular weight is 379 g/mol. The van der Waals surface area contributed by atoms with Gasteiger partial charge in [0.2, 0.25) is 0 Å². The molecular weight excluding hydrogens is 363 g/mol. The summed E-state index contributed by atoms with van der Waals surface area (Å²) in [4.78, 5) is 2.89. The molecule has 3 aromatic rings. The molecule has 0 aliphatic heterocycles. The number of aromatic nitrogens is 1. The van der Waals surface area contributed by atoms with Gasteiger partial charge in [-0.1, -0.05) is 12.1 Å². The fraction of sp³-hybridized carbons (Fsp3) is 0.158. The number of hydrogen-bond donors (Lipinski definition) is 1. The van der Waals surface area contributed by atoms with Crippen molar-refractivity contribution in [3.05, 3.63) is 54.6 Å². The van der Waals surface area contributed by atoms with E-state index in [4.69, 9.17) is 9.47 Å². The van der Waals surface area contributed by atoms with E-state index in [1.807, 2.05) is 12.1 Å². The van der Waals surface area contributed by atoms with Crippen LogP contribution in [-0.4, -0.2) is 24.7 Å². The molecule has 1 N–H and O–H groups in total. The van der Waals surface area contributed by atoms with Gasteiger partial charge in [0.1, 0.15) is 11.5 Å². The van der Waals surface area contributed by atoms with Crippen molar-refractivity contribution in [1.82, 2.24) is 4.98 Å². The van der Waals surface area contributed by atoms with Crippen molar-refractivity contribution in [3.63, 3.8) is 0 Å². The molecule has 2 aromatic carbocycles. The molecule has 0 atom stereocenters. The Morgan fingerprint density at radius 3 is 1.77 bits per heavy atom. The van der Waals surface area contributed by atoms with Gasteiger partial charge in [-0.15, -0.1) is 0 Å². The van der Waals surface area contributed by atoms with E-state index in [-0.39, 0.29) is 16.8 Å². The van der Waals surface area contributed by atoms with Gasteiger partial charge in [0.05, 0.1) is 24.9 Å². The van der Waals surface area contributed by atoms with E-state index in [0.29, 0.717) is 22.8 Å². The Labute approximate surface area is 153 Å². The molecule has 0 bridgehead atoms. The fourth-order valence-electron chi connectivity index (χ4n) is 2.59. The van der Waals surface area contributed by atoms with Crippen molar-refractivity contribution >= 4 is 11.8 Å². The molecule has 0 amide bonds. The van der Waals surface area contributed by atoms with Gasteiger partial charge >= 0.3 is 5.51 Å². The number of methoxy groups -OCH3 is 2. The number of hydrogen-bond acceptors (Lipinski definition) is 3. The van der Waals surface area contributed by atoms with Crippen LogP contribution in [-0.2, 0) is 0 Å². The summed E-state index contributed by atoms with van der Waals surface area (Å²) in [7, 11) is 3.12. The smallest absolute Gasteiger partial charge is 0.447 e. The third-order valence-corrected chi connectivity index (χ3v) is 4.47. The molecule has 0 saturated heterocycles. The molecule has 3 rings (SSSR count). The lowest BCUT2D eigenvalue weighted by Gasteiger charge is -2.07. The molecule has 1 heterocycles. The zero-order valence-electron chi connectivity index (χ0n) is 14.1. The van der Waals surface area contributed by atoms with Crippen LogP contribution < -0.4 is 9.47 Å². The topological polar surface area (TPSA) is 34.2 Å². The Balaban J connectivity index is 2.07. The summed E-state index contributed by atoms with van der Waals surface area (Å²) in [6.45, 7) is 0. The van der Waals surface area contributed by atoms with Crippen LogP contribution in [0.15, 0.2) is 59.6 Å². The second kappa shape index (κ2) is 7.37. The second-order valence-corrected chi connectivity index (χ2v) is 6.53. The summed E-state index contributed by atoms with van der Waals surface area (Å²) in [6.07, 6.45) is 0. The van der Waals surface area contributed by atoms with Crippen LogP contribution in [0.3, 0.4) is 0 Å². The normalized spacial score (nSPS) is 11.4. The highest BCUT2D eigenvalue weighted by molar-refractivity contribution is 8.00. The molecule has 0 spiro atoms. The molecule has 1 aromatic heterocycles. The van der Waals surface area contributed by atoms with Crippen molar-refractivity contribution < 1.29 is 22.6 Å². The number of thioether (sulfide) groups is 1. The quantitative estimate of drug-likeness (QED) is 0.554. The van der Waals surface area contributed by atoms with Crippen LogP contribution >= 0.6 is 11.8 Å². The first-order valence-electron chi connectivity index (χ1n) is 7.67. The number of benzene rings is 2. The standard InChI is InChI=1S/C19H16F3NO2S/c1-24-14-7-3-12(4-8-14)16-11-17(26-19(20,21)22)23-18(16)13-5-9-15(25-2)10-6-13/h3-11,23H,1-2H3. The van der Waals surface area contributed by atoms with Crippen LogP contribution in [0.5, 0.6) is 11.5 Å². The highest BCUT2D eigenvalue weighted by Gasteiger charge is 2.31.